The molecule has 3 saturated heterocycles. The highest BCUT2D eigenvalue weighted by atomic mass is 16.5. The number of likely N-dealkylation sites (tertiary alicyclic amines) is 1. The molecule has 7 heteroatoms. The van der Waals surface area contributed by atoms with E-state index in [1.807, 2.05) is 29.2 Å². The number of rotatable bonds is 3. The van der Waals surface area contributed by atoms with Crippen LogP contribution in [0.2, 0.25) is 0 Å². The summed E-state index contributed by atoms with van der Waals surface area (Å²) in [5, 5.41) is 2.98. The Morgan fingerprint density at radius 1 is 1.11 bits per heavy atom. The second kappa shape index (κ2) is 8.68. The third kappa shape index (κ3) is 4.42. The molecule has 0 saturated carbocycles. The van der Waals surface area contributed by atoms with Gasteiger partial charge in [0.15, 0.2) is 0 Å². The zero-order valence-electron chi connectivity index (χ0n) is 16.7. The Kier molecular flexibility index (Phi) is 6.04. The van der Waals surface area contributed by atoms with Crippen molar-refractivity contribution < 1.29 is 19.0 Å². The summed E-state index contributed by atoms with van der Waals surface area (Å²) < 4.78 is 16.9. The van der Waals surface area contributed by atoms with Crippen molar-refractivity contribution in [1.82, 2.24) is 9.80 Å². The maximum absolute atomic E-state index is 12.6. The smallest absolute Gasteiger partial charge is 0.321 e. The molecule has 0 aliphatic carbocycles. The number of anilines is 1. The number of carbonyl (C=O) groups excluding carboxylic acids is 1. The monoisotopic (exact) mass is 389 g/mol. The molecule has 28 heavy (non-hydrogen) atoms. The summed E-state index contributed by atoms with van der Waals surface area (Å²) in [5.41, 5.74) is 0.713. The van der Waals surface area contributed by atoms with Crippen molar-refractivity contribution >= 4 is 11.7 Å². The van der Waals surface area contributed by atoms with E-state index in [2.05, 4.69) is 10.2 Å². The molecule has 0 radical (unpaired) electrons. The Morgan fingerprint density at radius 2 is 1.82 bits per heavy atom. The average Bonchev–Trinajstić information content (AvgIpc) is 2.75. The molecule has 154 valence electrons. The Bertz CT molecular complexity index is 652. The Balaban J connectivity index is 1.29. The normalized spacial score (nSPS) is 25.5. The maximum Gasteiger partial charge on any atom is 0.321 e. The number of hydrogen-bond acceptors (Lipinski definition) is 5. The molecule has 0 bridgehead atoms. The van der Waals surface area contributed by atoms with Crippen LogP contribution in [-0.2, 0) is 9.47 Å². The minimum absolute atomic E-state index is 0.0412. The first-order valence-corrected chi connectivity index (χ1v) is 10.3. The fraction of sp³-hybridized carbons (Fsp3) is 0.667. The molecular formula is C21H31N3O4. The molecule has 1 unspecified atom stereocenters. The van der Waals surface area contributed by atoms with E-state index in [-0.39, 0.29) is 11.6 Å². The number of ether oxygens (including phenoxy) is 3. The third-order valence-corrected chi connectivity index (χ3v) is 6.33. The van der Waals surface area contributed by atoms with Gasteiger partial charge in [-0.15, -0.1) is 0 Å². The van der Waals surface area contributed by atoms with Crippen molar-refractivity contribution in [2.45, 2.75) is 37.3 Å². The van der Waals surface area contributed by atoms with Gasteiger partial charge in [0.25, 0.3) is 0 Å². The van der Waals surface area contributed by atoms with Gasteiger partial charge in [-0.25, -0.2) is 4.79 Å². The topological polar surface area (TPSA) is 63.3 Å². The highest BCUT2D eigenvalue weighted by Crippen LogP contribution is 2.37. The third-order valence-electron chi connectivity index (χ3n) is 6.33. The number of morpholine rings is 1. The Hall–Kier alpha value is -1.83. The van der Waals surface area contributed by atoms with Crippen molar-refractivity contribution in [3.8, 4) is 5.75 Å². The van der Waals surface area contributed by atoms with Gasteiger partial charge in [0, 0.05) is 44.5 Å². The minimum Gasteiger partial charge on any atom is -0.497 e. The molecule has 0 aromatic heterocycles. The molecule has 1 spiro atoms. The zero-order chi connectivity index (χ0) is 19.4. The van der Waals surface area contributed by atoms with Crippen molar-refractivity contribution in [3.63, 3.8) is 0 Å². The highest BCUT2D eigenvalue weighted by Gasteiger charge is 2.42. The fourth-order valence-corrected chi connectivity index (χ4v) is 4.60. The van der Waals surface area contributed by atoms with Gasteiger partial charge < -0.3 is 24.4 Å². The number of amides is 2. The number of piperidine rings is 1. The molecule has 1 atom stereocenters. The van der Waals surface area contributed by atoms with Crippen LogP contribution in [0, 0.1) is 0 Å². The van der Waals surface area contributed by atoms with Gasteiger partial charge in [-0.2, -0.15) is 0 Å². The molecule has 3 aliphatic rings. The van der Waals surface area contributed by atoms with Crippen molar-refractivity contribution in [1.29, 1.82) is 0 Å². The number of hydrogen-bond donors (Lipinski definition) is 1. The van der Waals surface area contributed by atoms with E-state index in [1.54, 1.807) is 7.11 Å². The molecule has 2 amide bonds. The van der Waals surface area contributed by atoms with E-state index in [0.717, 1.165) is 83.1 Å². The predicted octanol–water partition coefficient (Wildman–Crippen LogP) is 2.57. The Labute approximate surface area is 166 Å². The van der Waals surface area contributed by atoms with Crippen LogP contribution >= 0.6 is 0 Å². The van der Waals surface area contributed by atoms with Crippen molar-refractivity contribution in [2.24, 2.45) is 0 Å². The summed E-state index contributed by atoms with van der Waals surface area (Å²) >= 11 is 0. The van der Waals surface area contributed by atoms with Gasteiger partial charge in [0.1, 0.15) is 5.75 Å². The second-order valence-electron chi connectivity index (χ2n) is 7.97. The lowest BCUT2D eigenvalue weighted by Crippen LogP contribution is -2.56. The molecule has 7 nitrogen and oxygen atoms in total. The second-order valence-corrected chi connectivity index (χ2v) is 7.97. The molecule has 1 N–H and O–H groups in total. The number of nitrogens with one attached hydrogen (secondary N) is 1. The molecule has 1 aromatic carbocycles. The van der Waals surface area contributed by atoms with E-state index >= 15 is 0 Å². The van der Waals surface area contributed by atoms with Crippen LogP contribution in [0.15, 0.2) is 24.3 Å². The summed E-state index contributed by atoms with van der Waals surface area (Å²) in [6.07, 6.45) is 3.98. The van der Waals surface area contributed by atoms with Gasteiger partial charge in [-0.3, -0.25) is 4.90 Å². The van der Waals surface area contributed by atoms with Gasteiger partial charge in [-0.05, 0) is 49.9 Å². The van der Waals surface area contributed by atoms with E-state index in [0.29, 0.717) is 6.04 Å². The highest BCUT2D eigenvalue weighted by molar-refractivity contribution is 5.89. The summed E-state index contributed by atoms with van der Waals surface area (Å²) in [7, 11) is 1.63. The van der Waals surface area contributed by atoms with Crippen LogP contribution in [-0.4, -0.2) is 80.6 Å². The summed E-state index contributed by atoms with van der Waals surface area (Å²) in [4.78, 5) is 17.1. The van der Waals surface area contributed by atoms with E-state index in [9.17, 15) is 4.79 Å². The van der Waals surface area contributed by atoms with E-state index < -0.39 is 0 Å². The first kappa shape index (κ1) is 19.5. The number of carbonyl (C=O) groups is 1. The number of urea groups is 1. The Morgan fingerprint density at radius 3 is 2.50 bits per heavy atom. The quantitative estimate of drug-likeness (QED) is 0.861. The first-order chi connectivity index (χ1) is 13.7. The lowest BCUT2D eigenvalue weighted by molar-refractivity contribution is -0.135. The SMILES string of the molecule is COc1ccc(NC(=O)N2CCC3(CC2)CC(N2CCOCC2)CCO3)cc1. The average molecular weight is 389 g/mol. The number of nitrogens with zero attached hydrogens (tertiary/aromatic N) is 2. The minimum atomic E-state index is -0.0713. The number of benzene rings is 1. The molecule has 4 rings (SSSR count). The van der Waals surface area contributed by atoms with Crippen LogP contribution in [0.25, 0.3) is 0 Å². The molecule has 3 aliphatic heterocycles. The van der Waals surface area contributed by atoms with Crippen LogP contribution < -0.4 is 10.1 Å². The van der Waals surface area contributed by atoms with Gasteiger partial charge >= 0.3 is 6.03 Å². The van der Waals surface area contributed by atoms with Crippen LogP contribution in [0.5, 0.6) is 5.75 Å². The molecule has 3 heterocycles. The van der Waals surface area contributed by atoms with Crippen LogP contribution in [0.1, 0.15) is 25.7 Å². The van der Waals surface area contributed by atoms with Gasteiger partial charge in [-0.1, -0.05) is 0 Å². The van der Waals surface area contributed by atoms with Crippen LogP contribution in [0.4, 0.5) is 10.5 Å². The fourth-order valence-electron chi connectivity index (χ4n) is 4.60. The predicted molar refractivity (Wildman–Crippen MR) is 107 cm³/mol. The lowest BCUT2D eigenvalue weighted by Gasteiger charge is -2.48. The molecule has 1 aromatic rings. The largest absolute Gasteiger partial charge is 0.497 e. The zero-order valence-corrected chi connectivity index (χ0v) is 16.7. The standard InChI is InChI=1S/C21H31N3O4/c1-26-19-4-2-17(3-5-19)22-20(25)24-9-7-21(8-10-24)16-18(6-13-28-21)23-11-14-27-15-12-23/h2-5,18H,6-16H2,1H3,(H,22,25). The van der Waals surface area contributed by atoms with Gasteiger partial charge in [0.05, 0.1) is 25.9 Å². The van der Waals surface area contributed by atoms with Crippen LogP contribution in [0.3, 0.4) is 0 Å². The molecule has 3 fully saturated rings. The maximum atomic E-state index is 12.6. The van der Waals surface area contributed by atoms with E-state index in [1.165, 1.54) is 0 Å². The molecular weight excluding hydrogens is 358 g/mol. The lowest BCUT2D eigenvalue weighted by atomic mass is 9.82. The number of methoxy groups -OCH3 is 1. The van der Waals surface area contributed by atoms with Gasteiger partial charge in [0.2, 0.25) is 0 Å². The summed E-state index contributed by atoms with van der Waals surface area (Å²) in [5.74, 6) is 0.780. The van der Waals surface area contributed by atoms with Crippen molar-refractivity contribution in [2.75, 3.05) is 58.4 Å². The van der Waals surface area contributed by atoms with E-state index in [4.69, 9.17) is 14.2 Å². The van der Waals surface area contributed by atoms with Crippen molar-refractivity contribution in [3.05, 3.63) is 24.3 Å². The summed E-state index contributed by atoms with van der Waals surface area (Å²) in [6.45, 7) is 6.01. The first-order valence-electron chi connectivity index (χ1n) is 10.3. The summed E-state index contributed by atoms with van der Waals surface area (Å²) in [6, 6.07) is 7.96.